The van der Waals surface area contributed by atoms with E-state index < -0.39 is 11.7 Å². The van der Waals surface area contributed by atoms with Gasteiger partial charge in [-0.05, 0) is 58.4 Å². The van der Waals surface area contributed by atoms with Crippen molar-refractivity contribution in [2.75, 3.05) is 11.9 Å². The first-order valence-corrected chi connectivity index (χ1v) is 6.80. The molecule has 0 saturated heterocycles. The predicted octanol–water partition coefficient (Wildman–Crippen LogP) is 4.29. The summed E-state index contributed by atoms with van der Waals surface area (Å²) in [5, 5.41) is 0. The van der Waals surface area contributed by atoms with Crippen molar-refractivity contribution in [3.8, 4) is 0 Å². The van der Waals surface area contributed by atoms with Crippen LogP contribution in [0, 0.1) is 0 Å². The maximum Gasteiger partial charge on any atom is 0.414 e. The second-order valence-electron chi connectivity index (χ2n) is 6.11. The zero-order chi connectivity index (χ0) is 16.4. The highest BCUT2D eigenvalue weighted by Gasteiger charge is 2.22. The van der Waals surface area contributed by atoms with Crippen molar-refractivity contribution in [2.45, 2.75) is 40.2 Å². The van der Waals surface area contributed by atoms with Gasteiger partial charge in [0.05, 0.1) is 5.69 Å². The second-order valence-corrected chi connectivity index (χ2v) is 6.11. The first-order valence-electron chi connectivity index (χ1n) is 6.80. The molecule has 1 aromatic rings. The average molecular weight is 289 g/mol. The number of rotatable bonds is 3. The number of benzene rings is 1. The number of carbonyl (C=O) groups is 2. The van der Waals surface area contributed by atoms with Gasteiger partial charge in [0, 0.05) is 18.2 Å². The molecule has 1 amide bonds. The summed E-state index contributed by atoms with van der Waals surface area (Å²) in [6, 6.07) is 5.19. The Labute approximate surface area is 126 Å². The van der Waals surface area contributed by atoms with E-state index in [9.17, 15) is 9.59 Å². The Hall–Kier alpha value is -2.10. The summed E-state index contributed by atoms with van der Waals surface area (Å²) >= 11 is 0. The summed E-state index contributed by atoms with van der Waals surface area (Å²) in [4.78, 5) is 25.1. The maximum absolute atomic E-state index is 12.2. The molecule has 0 bridgehead atoms. The lowest BCUT2D eigenvalue weighted by molar-refractivity contribution is 0.0589. The Morgan fingerprint density at radius 2 is 1.76 bits per heavy atom. The number of Topliss-reactive ketones (excluding diaryl/α,β-unsaturated/α-hetero) is 1. The highest BCUT2D eigenvalue weighted by Crippen LogP contribution is 2.28. The maximum atomic E-state index is 12.2. The van der Waals surface area contributed by atoms with Gasteiger partial charge in [0.1, 0.15) is 5.60 Å². The number of carbonyl (C=O) groups excluding carboxylic acids is 2. The van der Waals surface area contributed by atoms with E-state index >= 15 is 0 Å². The molecule has 0 aromatic heterocycles. The number of anilines is 1. The van der Waals surface area contributed by atoms with Crippen molar-refractivity contribution in [3.05, 3.63) is 35.9 Å². The van der Waals surface area contributed by atoms with Crippen LogP contribution in [-0.4, -0.2) is 24.5 Å². The van der Waals surface area contributed by atoms with Crippen molar-refractivity contribution in [3.63, 3.8) is 0 Å². The topological polar surface area (TPSA) is 46.6 Å². The lowest BCUT2D eigenvalue weighted by atomic mass is 10.0. The Morgan fingerprint density at radius 1 is 1.19 bits per heavy atom. The van der Waals surface area contributed by atoms with Gasteiger partial charge in [-0.25, -0.2) is 4.79 Å². The molecule has 4 heteroatoms. The third kappa shape index (κ3) is 4.45. The molecule has 0 fully saturated rings. The molecule has 0 radical (unpaired) electrons. The number of hydrogen-bond donors (Lipinski definition) is 0. The molecule has 0 spiro atoms. The van der Waals surface area contributed by atoms with Gasteiger partial charge in [-0.1, -0.05) is 6.58 Å². The van der Waals surface area contributed by atoms with Gasteiger partial charge >= 0.3 is 6.09 Å². The van der Waals surface area contributed by atoms with Gasteiger partial charge < -0.3 is 4.74 Å². The van der Waals surface area contributed by atoms with Crippen LogP contribution in [0.5, 0.6) is 0 Å². The van der Waals surface area contributed by atoms with Crippen molar-refractivity contribution in [2.24, 2.45) is 0 Å². The summed E-state index contributed by atoms with van der Waals surface area (Å²) in [6.45, 7) is 12.7. The molecule has 0 heterocycles. The number of nitrogens with zero attached hydrogens (tertiary/aromatic N) is 1. The summed E-state index contributed by atoms with van der Waals surface area (Å²) in [6.07, 6.45) is -0.444. The minimum Gasteiger partial charge on any atom is -0.443 e. The van der Waals surface area contributed by atoms with E-state index in [-0.39, 0.29) is 5.78 Å². The van der Waals surface area contributed by atoms with Crippen LogP contribution in [-0.2, 0) is 4.74 Å². The largest absolute Gasteiger partial charge is 0.443 e. The van der Waals surface area contributed by atoms with E-state index in [2.05, 4.69) is 6.58 Å². The molecule has 4 nitrogen and oxygen atoms in total. The van der Waals surface area contributed by atoms with Crippen LogP contribution in [0.2, 0.25) is 0 Å². The number of hydrogen-bond acceptors (Lipinski definition) is 3. The van der Waals surface area contributed by atoms with Gasteiger partial charge in [0.2, 0.25) is 0 Å². The van der Waals surface area contributed by atoms with E-state index in [1.165, 1.54) is 11.8 Å². The van der Waals surface area contributed by atoms with Gasteiger partial charge in [0.15, 0.2) is 5.78 Å². The lowest BCUT2D eigenvalue weighted by Crippen LogP contribution is -2.34. The molecule has 114 valence electrons. The normalized spacial score (nSPS) is 11.0. The van der Waals surface area contributed by atoms with Crippen molar-refractivity contribution < 1.29 is 14.3 Å². The minimum absolute atomic E-state index is 0.0241. The zero-order valence-electron chi connectivity index (χ0n) is 13.6. The molecule has 1 rings (SSSR count). The van der Waals surface area contributed by atoms with Gasteiger partial charge in [-0.3, -0.25) is 9.69 Å². The van der Waals surface area contributed by atoms with E-state index in [1.807, 2.05) is 27.7 Å². The SMILES string of the molecule is C=C(C)c1cc(C(C)=O)ccc1N(C)C(=O)OC(C)(C)C. The molecule has 1 aromatic carbocycles. The van der Waals surface area contributed by atoms with Crippen LogP contribution in [0.25, 0.3) is 5.57 Å². The lowest BCUT2D eigenvalue weighted by Gasteiger charge is -2.26. The molecular formula is C17H23NO3. The van der Waals surface area contributed by atoms with E-state index in [1.54, 1.807) is 25.2 Å². The summed E-state index contributed by atoms with van der Waals surface area (Å²) in [5.74, 6) is -0.0241. The Kier molecular flexibility index (Phi) is 4.94. The monoisotopic (exact) mass is 289 g/mol. The van der Waals surface area contributed by atoms with Crippen LogP contribution >= 0.6 is 0 Å². The zero-order valence-corrected chi connectivity index (χ0v) is 13.6. The van der Waals surface area contributed by atoms with Crippen molar-refractivity contribution >= 4 is 23.1 Å². The Balaban J connectivity index is 3.20. The van der Waals surface area contributed by atoms with Crippen LogP contribution in [0.4, 0.5) is 10.5 Å². The smallest absolute Gasteiger partial charge is 0.414 e. The number of amides is 1. The molecule has 0 unspecified atom stereocenters. The highest BCUT2D eigenvalue weighted by atomic mass is 16.6. The fourth-order valence-corrected chi connectivity index (χ4v) is 1.82. The quantitative estimate of drug-likeness (QED) is 0.780. The van der Waals surface area contributed by atoms with Crippen molar-refractivity contribution in [1.82, 2.24) is 0 Å². The molecule has 0 aliphatic heterocycles. The molecule has 0 saturated carbocycles. The Bertz CT molecular complexity index is 582. The average Bonchev–Trinajstić information content (AvgIpc) is 2.34. The van der Waals surface area contributed by atoms with Crippen LogP contribution in [0.1, 0.15) is 50.5 Å². The number of allylic oxidation sites excluding steroid dienone is 1. The van der Waals surface area contributed by atoms with Gasteiger partial charge in [-0.2, -0.15) is 0 Å². The Morgan fingerprint density at radius 3 is 2.19 bits per heavy atom. The third-order valence-corrected chi connectivity index (χ3v) is 2.89. The van der Waals surface area contributed by atoms with Crippen LogP contribution < -0.4 is 4.90 Å². The first-order chi connectivity index (χ1) is 9.53. The fourth-order valence-electron chi connectivity index (χ4n) is 1.82. The number of ketones is 1. The minimum atomic E-state index is -0.561. The summed E-state index contributed by atoms with van der Waals surface area (Å²) < 4.78 is 5.36. The molecule has 0 N–H and O–H groups in total. The fraction of sp³-hybridized carbons (Fsp3) is 0.412. The second kappa shape index (κ2) is 6.12. The van der Waals surface area contributed by atoms with Crippen LogP contribution in [0.3, 0.4) is 0 Å². The molecular weight excluding hydrogens is 266 g/mol. The molecule has 0 aliphatic rings. The summed E-state index contributed by atoms with van der Waals surface area (Å²) in [5.41, 5.74) is 2.24. The molecule has 21 heavy (non-hydrogen) atoms. The first kappa shape index (κ1) is 17.0. The van der Waals surface area contributed by atoms with Gasteiger partial charge in [0.25, 0.3) is 0 Å². The van der Waals surface area contributed by atoms with E-state index in [0.29, 0.717) is 11.3 Å². The van der Waals surface area contributed by atoms with E-state index in [4.69, 9.17) is 4.74 Å². The third-order valence-electron chi connectivity index (χ3n) is 2.89. The molecule has 0 atom stereocenters. The standard InChI is InChI=1S/C17H23NO3/c1-11(2)14-10-13(12(3)19)8-9-15(14)18(7)16(20)21-17(4,5)6/h8-10H,1H2,2-7H3. The van der Waals surface area contributed by atoms with Gasteiger partial charge in [-0.15, -0.1) is 0 Å². The predicted molar refractivity (Wildman–Crippen MR) is 85.8 cm³/mol. The summed E-state index contributed by atoms with van der Waals surface area (Å²) in [7, 11) is 1.64. The van der Waals surface area contributed by atoms with Crippen molar-refractivity contribution in [1.29, 1.82) is 0 Å². The van der Waals surface area contributed by atoms with Crippen LogP contribution in [0.15, 0.2) is 24.8 Å². The number of ether oxygens (including phenoxy) is 1. The van der Waals surface area contributed by atoms with E-state index in [0.717, 1.165) is 11.1 Å². The molecule has 0 aliphatic carbocycles. The highest BCUT2D eigenvalue weighted by molar-refractivity contribution is 5.98.